The van der Waals surface area contributed by atoms with Crippen molar-refractivity contribution < 1.29 is 14.6 Å². The normalized spacial score (nSPS) is 32.5. The van der Waals surface area contributed by atoms with Gasteiger partial charge >= 0.3 is 0 Å². The highest BCUT2D eigenvalue weighted by Gasteiger charge is 2.38. The topological polar surface area (TPSA) is 49.8 Å². The van der Waals surface area contributed by atoms with Crippen LogP contribution in [0.2, 0.25) is 0 Å². The van der Waals surface area contributed by atoms with Crippen LogP contribution in [0.3, 0.4) is 0 Å². The monoisotopic (exact) mass is 199 g/mol. The number of rotatable bonds is 2. The fraction of sp³-hybridized carbons (Fsp3) is 0.900. The first-order valence-corrected chi connectivity index (χ1v) is 5.30. The van der Waals surface area contributed by atoms with Crippen molar-refractivity contribution >= 4 is 5.91 Å². The maximum Gasteiger partial charge on any atom is 0.226 e. The molecule has 0 bridgehead atoms. The lowest BCUT2D eigenvalue weighted by Crippen LogP contribution is -2.48. The summed E-state index contributed by atoms with van der Waals surface area (Å²) < 4.78 is 5.19. The number of amides is 1. The van der Waals surface area contributed by atoms with E-state index < -0.39 is 0 Å². The Bertz CT molecular complexity index is 207. The predicted octanol–water partition coefficient (Wildman–Crippen LogP) is -0.136. The Morgan fingerprint density at radius 1 is 1.36 bits per heavy atom. The Balaban J connectivity index is 1.87. The van der Waals surface area contributed by atoms with E-state index in [-0.39, 0.29) is 24.3 Å². The molecular formula is C10H17NO3. The predicted molar refractivity (Wildman–Crippen MR) is 50.7 cm³/mol. The van der Waals surface area contributed by atoms with Gasteiger partial charge in [-0.05, 0) is 18.8 Å². The van der Waals surface area contributed by atoms with E-state index in [1.165, 1.54) is 0 Å². The van der Waals surface area contributed by atoms with Gasteiger partial charge in [0.15, 0.2) is 0 Å². The molecule has 2 aliphatic rings. The van der Waals surface area contributed by atoms with E-state index in [1.54, 1.807) is 0 Å². The van der Waals surface area contributed by atoms with Crippen LogP contribution >= 0.6 is 0 Å². The van der Waals surface area contributed by atoms with Crippen LogP contribution in [0, 0.1) is 11.8 Å². The third-order valence-electron chi connectivity index (χ3n) is 3.29. The first-order valence-electron chi connectivity index (χ1n) is 5.30. The van der Waals surface area contributed by atoms with Crippen molar-refractivity contribution in [3.8, 4) is 0 Å². The average molecular weight is 199 g/mol. The first-order chi connectivity index (χ1) is 6.83. The molecule has 2 rings (SSSR count). The molecule has 0 spiro atoms. The standard InChI is InChI=1S/C10H17NO3/c12-7-8-1-2-9(8)10(13)11-3-5-14-6-4-11/h8-9,12H,1-7H2. The molecule has 4 nitrogen and oxygen atoms in total. The molecule has 0 radical (unpaired) electrons. The third kappa shape index (κ3) is 1.77. The second kappa shape index (κ2) is 4.28. The molecule has 1 aliphatic heterocycles. The Kier molecular flexibility index (Phi) is 3.03. The molecule has 2 fully saturated rings. The van der Waals surface area contributed by atoms with Gasteiger partial charge in [-0.1, -0.05) is 0 Å². The van der Waals surface area contributed by atoms with Crippen LogP contribution in [0.1, 0.15) is 12.8 Å². The number of aliphatic hydroxyl groups is 1. The SMILES string of the molecule is O=C(C1CCC1CO)N1CCOCC1. The Labute approximate surface area is 83.8 Å². The Hall–Kier alpha value is -0.610. The minimum absolute atomic E-state index is 0.0816. The van der Waals surface area contributed by atoms with Gasteiger partial charge in [0, 0.05) is 25.6 Å². The van der Waals surface area contributed by atoms with Crippen LogP contribution < -0.4 is 0 Å². The number of ether oxygens (including phenoxy) is 1. The number of hydrogen-bond donors (Lipinski definition) is 1. The lowest BCUT2D eigenvalue weighted by atomic mass is 9.73. The summed E-state index contributed by atoms with van der Waals surface area (Å²) in [6.07, 6.45) is 1.94. The van der Waals surface area contributed by atoms with Gasteiger partial charge in [0.25, 0.3) is 0 Å². The van der Waals surface area contributed by atoms with E-state index in [0.29, 0.717) is 26.3 Å². The van der Waals surface area contributed by atoms with Crippen LogP contribution in [0.15, 0.2) is 0 Å². The largest absolute Gasteiger partial charge is 0.396 e. The van der Waals surface area contributed by atoms with E-state index in [2.05, 4.69) is 0 Å². The highest BCUT2D eigenvalue weighted by atomic mass is 16.5. The number of nitrogens with zero attached hydrogens (tertiary/aromatic N) is 1. The maximum atomic E-state index is 11.9. The molecule has 1 amide bonds. The zero-order chi connectivity index (χ0) is 9.97. The minimum Gasteiger partial charge on any atom is -0.396 e. The molecule has 4 heteroatoms. The van der Waals surface area contributed by atoms with Crippen LogP contribution in [0.5, 0.6) is 0 Å². The summed E-state index contributed by atoms with van der Waals surface area (Å²) in [5.41, 5.74) is 0. The van der Waals surface area contributed by atoms with Crippen LogP contribution in [0.25, 0.3) is 0 Å². The van der Waals surface area contributed by atoms with Crippen molar-refractivity contribution in [3.05, 3.63) is 0 Å². The van der Waals surface area contributed by atoms with Crippen molar-refractivity contribution in [1.29, 1.82) is 0 Å². The summed E-state index contributed by atoms with van der Waals surface area (Å²) in [6.45, 7) is 2.90. The summed E-state index contributed by atoms with van der Waals surface area (Å²) in [4.78, 5) is 13.8. The van der Waals surface area contributed by atoms with Crippen LogP contribution in [-0.4, -0.2) is 48.8 Å². The highest BCUT2D eigenvalue weighted by Crippen LogP contribution is 2.35. The van der Waals surface area contributed by atoms with E-state index >= 15 is 0 Å². The number of hydrogen-bond acceptors (Lipinski definition) is 3. The zero-order valence-electron chi connectivity index (χ0n) is 8.32. The summed E-state index contributed by atoms with van der Waals surface area (Å²) in [6, 6.07) is 0. The molecule has 14 heavy (non-hydrogen) atoms. The Morgan fingerprint density at radius 2 is 2.07 bits per heavy atom. The van der Waals surface area contributed by atoms with Gasteiger partial charge in [-0.2, -0.15) is 0 Å². The summed E-state index contributed by atoms with van der Waals surface area (Å²) in [5.74, 6) is 0.516. The van der Waals surface area contributed by atoms with Gasteiger partial charge in [-0.15, -0.1) is 0 Å². The fourth-order valence-electron chi connectivity index (χ4n) is 2.13. The van der Waals surface area contributed by atoms with Crippen molar-refractivity contribution in [2.45, 2.75) is 12.8 Å². The van der Waals surface area contributed by atoms with Crippen LogP contribution in [0.4, 0.5) is 0 Å². The van der Waals surface area contributed by atoms with Crippen LogP contribution in [-0.2, 0) is 9.53 Å². The van der Waals surface area contributed by atoms with Crippen molar-refractivity contribution in [2.75, 3.05) is 32.9 Å². The molecule has 0 aromatic rings. The van der Waals surface area contributed by atoms with E-state index in [9.17, 15) is 4.79 Å². The van der Waals surface area contributed by atoms with Crippen molar-refractivity contribution in [1.82, 2.24) is 4.90 Å². The van der Waals surface area contributed by atoms with Gasteiger partial charge < -0.3 is 14.7 Å². The first kappa shape index (κ1) is 9.93. The lowest BCUT2D eigenvalue weighted by molar-refractivity contribution is -0.146. The average Bonchev–Trinajstić information content (AvgIpc) is 2.18. The third-order valence-corrected chi connectivity index (χ3v) is 3.29. The zero-order valence-corrected chi connectivity index (χ0v) is 8.32. The molecular weight excluding hydrogens is 182 g/mol. The second-order valence-corrected chi connectivity index (χ2v) is 4.06. The number of carbonyl (C=O) groups is 1. The maximum absolute atomic E-state index is 11.9. The van der Waals surface area contributed by atoms with Gasteiger partial charge in [0.2, 0.25) is 5.91 Å². The van der Waals surface area contributed by atoms with E-state index in [4.69, 9.17) is 9.84 Å². The molecule has 1 N–H and O–H groups in total. The highest BCUT2D eigenvalue weighted by molar-refractivity contribution is 5.80. The van der Waals surface area contributed by atoms with Crippen molar-refractivity contribution in [3.63, 3.8) is 0 Å². The quantitative estimate of drug-likeness (QED) is 0.673. The van der Waals surface area contributed by atoms with Gasteiger partial charge in [0.1, 0.15) is 0 Å². The summed E-state index contributed by atoms with van der Waals surface area (Å²) >= 11 is 0. The number of aliphatic hydroxyl groups excluding tert-OH is 1. The molecule has 80 valence electrons. The molecule has 0 aromatic carbocycles. The molecule has 2 atom stereocenters. The van der Waals surface area contributed by atoms with Gasteiger partial charge in [-0.25, -0.2) is 0 Å². The molecule has 1 saturated heterocycles. The number of morpholine rings is 1. The number of carbonyl (C=O) groups excluding carboxylic acids is 1. The van der Waals surface area contributed by atoms with E-state index in [1.807, 2.05) is 4.90 Å². The lowest BCUT2D eigenvalue weighted by Gasteiger charge is -2.38. The fourth-order valence-corrected chi connectivity index (χ4v) is 2.13. The van der Waals surface area contributed by atoms with Crippen molar-refractivity contribution in [2.24, 2.45) is 11.8 Å². The molecule has 1 saturated carbocycles. The van der Waals surface area contributed by atoms with Gasteiger partial charge in [0.05, 0.1) is 13.2 Å². The Morgan fingerprint density at radius 3 is 2.57 bits per heavy atom. The molecule has 2 unspecified atom stereocenters. The molecule has 0 aromatic heterocycles. The van der Waals surface area contributed by atoms with Gasteiger partial charge in [-0.3, -0.25) is 4.79 Å². The summed E-state index contributed by atoms with van der Waals surface area (Å²) in [7, 11) is 0. The molecule has 1 heterocycles. The van der Waals surface area contributed by atoms with E-state index in [0.717, 1.165) is 12.8 Å². The minimum atomic E-state index is 0.0816. The second-order valence-electron chi connectivity index (χ2n) is 4.06. The summed E-state index contributed by atoms with van der Waals surface area (Å²) in [5, 5.41) is 9.01. The molecule has 1 aliphatic carbocycles. The smallest absolute Gasteiger partial charge is 0.226 e.